The molecule has 0 aliphatic rings. The van der Waals surface area contributed by atoms with Gasteiger partial charge in [0.2, 0.25) is 0 Å². The number of ether oxygens (including phenoxy) is 1. The predicted octanol–water partition coefficient (Wildman–Crippen LogP) is 2.25. The van der Waals surface area contributed by atoms with Crippen molar-refractivity contribution in [3.63, 3.8) is 0 Å². The lowest BCUT2D eigenvalue weighted by Crippen LogP contribution is -2.38. The molecule has 0 amide bonds. The Bertz CT molecular complexity index is 362. The first-order valence-electron chi connectivity index (χ1n) is 7.15. The van der Waals surface area contributed by atoms with Gasteiger partial charge in [-0.05, 0) is 17.8 Å². The second-order valence-corrected chi connectivity index (χ2v) is 5.93. The normalized spacial score (nSPS) is 14.8. The van der Waals surface area contributed by atoms with E-state index < -0.39 is 0 Å². The topological polar surface area (TPSA) is 39.1 Å². The fourth-order valence-corrected chi connectivity index (χ4v) is 2.16. The van der Waals surface area contributed by atoms with Gasteiger partial charge in [-0.1, -0.05) is 20.8 Å². The lowest BCUT2D eigenvalue weighted by atomic mass is 9.75. The quantitative estimate of drug-likeness (QED) is 0.698. The van der Waals surface area contributed by atoms with E-state index in [1.807, 2.05) is 12.4 Å². The molecule has 19 heavy (non-hydrogen) atoms. The van der Waals surface area contributed by atoms with Crippen molar-refractivity contribution < 1.29 is 4.74 Å². The molecule has 0 aliphatic carbocycles. The van der Waals surface area contributed by atoms with Gasteiger partial charge >= 0.3 is 0 Å². The number of hydrogen-bond acceptors (Lipinski definition) is 3. The summed E-state index contributed by atoms with van der Waals surface area (Å²) in [6, 6.07) is 0. The third-order valence-electron chi connectivity index (χ3n) is 4.25. The molecule has 1 N–H and O–H groups in total. The van der Waals surface area contributed by atoms with Crippen LogP contribution in [0.15, 0.2) is 12.4 Å². The van der Waals surface area contributed by atoms with Crippen LogP contribution in [0.4, 0.5) is 0 Å². The standard InChI is InChI=1S/C15H29N3O/c1-13(2)15(3,12-16-9-11-19-5)7-6-14-17-8-10-18(14)4/h8,10,13,16H,6-7,9,11-12H2,1-5H3. The summed E-state index contributed by atoms with van der Waals surface area (Å²) >= 11 is 0. The molecule has 0 spiro atoms. The van der Waals surface area contributed by atoms with Gasteiger partial charge in [0.1, 0.15) is 5.82 Å². The summed E-state index contributed by atoms with van der Waals surface area (Å²) in [6.45, 7) is 9.68. The van der Waals surface area contributed by atoms with Crippen LogP contribution in [-0.2, 0) is 18.2 Å². The Labute approximate surface area is 117 Å². The van der Waals surface area contributed by atoms with Crippen LogP contribution in [-0.4, -0.2) is 36.4 Å². The van der Waals surface area contributed by atoms with E-state index in [0.717, 1.165) is 32.5 Å². The fourth-order valence-electron chi connectivity index (χ4n) is 2.16. The number of nitrogens with one attached hydrogen (secondary N) is 1. The van der Waals surface area contributed by atoms with E-state index in [1.165, 1.54) is 5.82 Å². The molecular weight excluding hydrogens is 238 g/mol. The van der Waals surface area contributed by atoms with Gasteiger partial charge in [-0.15, -0.1) is 0 Å². The Morgan fingerprint density at radius 2 is 2.21 bits per heavy atom. The Morgan fingerprint density at radius 3 is 2.74 bits per heavy atom. The van der Waals surface area contributed by atoms with Crippen LogP contribution >= 0.6 is 0 Å². The molecule has 1 heterocycles. The number of nitrogens with zero attached hydrogens (tertiary/aromatic N) is 2. The molecular formula is C15H29N3O. The maximum absolute atomic E-state index is 5.08. The molecule has 1 aromatic heterocycles. The van der Waals surface area contributed by atoms with Crippen molar-refractivity contribution in [1.29, 1.82) is 0 Å². The van der Waals surface area contributed by atoms with Crippen molar-refractivity contribution in [3.8, 4) is 0 Å². The van der Waals surface area contributed by atoms with Crippen molar-refractivity contribution in [1.82, 2.24) is 14.9 Å². The summed E-state index contributed by atoms with van der Waals surface area (Å²) < 4.78 is 7.19. The van der Waals surface area contributed by atoms with Crippen LogP contribution in [0.2, 0.25) is 0 Å². The highest BCUT2D eigenvalue weighted by Crippen LogP contribution is 2.31. The molecule has 110 valence electrons. The van der Waals surface area contributed by atoms with E-state index in [1.54, 1.807) is 7.11 Å². The zero-order valence-corrected chi connectivity index (χ0v) is 13.1. The van der Waals surface area contributed by atoms with Crippen molar-refractivity contribution in [2.24, 2.45) is 18.4 Å². The van der Waals surface area contributed by atoms with Crippen molar-refractivity contribution in [2.45, 2.75) is 33.6 Å². The molecule has 4 nitrogen and oxygen atoms in total. The highest BCUT2D eigenvalue weighted by molar-refractivity contribution is 4.93. The first-order valence-corrected chi connectivity index (χ1v) is 7.15. The number of aryl methyl sites for hydroxylation is 2. The van der Waals surface area contributed by atoms with Crippen molar-refractivity contribution in [3.05, 3.63) is 18.2 Å². The number of methoxy groups -OCH3 is 1. The summed E-state index contributed by atoms with van der Waals surface area (Å²) in [5, 5.41) is 3.50. The Hall–Kier alpha value is -0.870. The van der Waals surface area contributed by atoms with Gasteiger partial charge < -0.3 is 14.6 Å². The number of aromatic nitrogens is 2. The summed E-state index contributed by atoms with van der Waals surface area (Å²) in [7, 11) is 3.80. The largest absolute Gasteiger partial charge is 0.383 e. The predicted molar refractivity (Wildman–Crippen MR) is 79.2 cm³/mol. The van der Waals surface area contributed by atoms with Gasteiger partial charge in [0.05, 0.1) is 6.61 Å². The van der Waals surface area contributed by atoms with Crippen LogP contribution in [0.25, 0.3) is 0 Å². The Morgan fingerprint density at radius 1 is 1.47 bits per heavy atom. The third-order valence-corrected chi connectivity index (χ3v) is 4.25. The minimum atomic E-state index is 0.291. The van der Waals surface area contributed by atoms with E-state index in [-0.39, 0.29) is 0 Å². The van der Waals surface area contributed by atoms with Gasteiger partial charge in [0.25, 0.3) is 0 Å². The summed E-state index contributed by atoms with van der Waals surface area (Å²) in [5.74, 6) is 1.81. The van der Waals surface area contributed by atoms with E-state index in [9.17, 15) is 0 Å². The van der Waals surface area contributed by atoms with E-state index in [4.69, 9.17) is 4.74 Å². The summed E-state index contributed by atoms with van der Waals surface area (Å²) in [6.07, 6.45) is 6.07. The molecule has 4 heteroatoms. The number of rotatable bonds is 9. The Balaban J connectivity index is 2.49. The second kappa shape index (κ2) is 7.65. The molecule has 0 saturated carbocycles. The molecule has 1 atom stereocenters. The van der Waals surface area contributed by atoms with Gasteiger partial charge in [-0.3, -0.25) is 0 Å². The average molecular weight is 267 g/mol. The molecule has 0 saturated heterocycles. The van der Waals surface area contributed by atoms with Crippen molar-refractivity contribution in [2.75, 3.05) is 26.8 Å². The number of imidazole rings is 1. The molecule has 1 aromatic rings. The average Bonchev–Trinajstić information content (AvgIpc) is 2.78. The first-order chi connectivity index (χ1) is 8.99. The lowest BCUT2D eigenvalue weighted by molar-refractivity contribution is 0.167. The fraction of sp³-hybridized carbons (Fsp3) is 0.800. The number of hydrogen-bond donors (Lipinski definition) is 1. The zero-order valence-electron chi connectivity index (χ0n) is 13.1. The molecule has 1 unspecified atom stereocenters. The SMILES string of the molecule is COCCNCC(C)(CCc1nccn1C)C(C)C. The lowest BCUT2D eigenvalue weighted by Gasteiger charge is -2.34. The maximum Gasteiger partial charge on any atom is 0.108 e. The first kappa shape index (κ1) is 16.2. The van der Waals surface area contributed by atoms with Gasteiger partial charge in [0.15, 0.2) is 0 Å². The van der Waals surface area contributed by atoms with Gasteiger partial charge in [-0.25, -0.2) is 4.98 Å². The van der Waals surface area contributed by atoms with Crippen LogP contribution in [0.1, 0.15) is 33.0 Å². The van der Waals surface area contributed by atoms with Gasteiger partial charge in [-0.2, -0.15) is 0 Å². The van der Waals surface area contributed by atoms with Crippen LogP contribution < -0.4 is 5.32 Å². The maximum atomic E-state index is 5.08. The highest BCUT2D eigenvalue weighted by atomic mass is 16.5. The Kier molecular flexibility index (Phi) is 6.52. The van der Waals surface area contributed by atoms with Crippen LogP contribution in [0, 0.1) is 11.3 Å². The van der Waals surface area contributed by atoms with Crippen LogP contribution in [0.3, 0.4) is 0 Å². The van der Waals surface area contributed by atoms with Gasteiger partial charge in [0, 0.05) is 46.1 Å². The molecule has 0 fully saturated rings. The highest BCUT2D eigenvalue weighted by Gasteiger charge is 2.28. The molecule has 0 radical (unpaired) electrons. The smallest absolute Gasteiger partial charge is 0.108 e. The zero-order chi connectivity index (χ0) is 14.3. The molecule has 0 aromatic carbocycles. The second-order valence-electron chi connectivity index (χ2n) is 5.93. The molecule has 0 bridgehead atoms. The molecule has 1 rings (SSSR count). The monoisotopic (exact) mass is 267 g/mol. The third kappa shape index (κ3) is 4.96. The van der Waals surface area contributed by atoms with Crippen LogP contribution in [0.5, 0.6) is 0 Å². The minimum absolute atomic E-state index is 0.291. The molecule has 0 aliphatic heterocycles. The minimum Gasteiger partial charge on any atom is -0.383 e. The summed E-state index contributed by atoms with van der Waals surface area (Å²) in [5.41, 5.74) is 0.291. The van der Waals surface area contributed by atoms with E-state index in [0.29, 0.717) is 11.3 Å². The van der Waals surface area contributed by atoms with Crippen molar-refractivity contribution >= 4 is 0 Å². The summed E-state index contributed by atoms with van der Waals surface area (Å²) in [4.78, 5) is 4.41. The van der Waals surface area contributed by atoms with E-state index >= 15 is 0 Å². The van der Waals surface area contributed by atoms with E-state index in [2.05, 4.69) is 42.7 Å².